The molecule has 0 saturated carbocycles. The first kappa shape index (κ1) is 19.0. The standard InChI is InChI=1S/C18H27NO4/c1-13(2)15(11-16(20)21)19(17(22)23-18(3,4)5)12-14-9-7-6-8-10-14/h6-10,13,15H,11-12H2,1-5H3,(H,20,21). The summed E-state index contributed by atoms with van der Waals surface area (Å²) in [5.74, 6) is -0.923. The van der Waals surface area contributed by atoms with Crippen molar-refractivity contribution in [2.45, 2.75) is 59.2 Å². The maximum absolute atomic E-state index is 12.6. The summed E-state index contributed by atoms with van der Waals surface area (Å²) in [4.78, 5) is 25.3. The largest absolute Gasteiger partial charge is 0.481 e. The van der Waals surface area contributed by atoms with Gasteiger partial charge in [0, 0.05) is 12.6 Å². The summed E-state index contributed by atoms with van der Waals surface area (Å²) in [6.45, 7) is 9.55. The van der Waals surface area contributed by atoms with Crippen molar-refractivity contribution in [3.05, 3.63) is 35.9 Å². The zero-order valence-corrected chi connectivity index (χ0v) is 14.6. The number of hydrogen-bond acceptors (Lipinski definition) is 3. The molecule has 0 spiro atoms. The normalized spacial score (nSPS) is 12.8. The van der Waals surface area contributed by atoms with Gasteiger partial charge in [0.1, 0.15) is 5.60 Å². The molecule has 0 aliphatic rings. The number of hydrogen-bond donors (Lipinski definition) is 1. The van der Waals surface area contributed by atoms with Crippen LogP contribution in [0.4, 0.5) is 4.79 Å². The van der Waals surface area contributed by atoms with Crippen LogP contribution in [0.2, 0.25) is 0 Å². The SMILES string of the molecule is CC(C)C(CC(=O)O)N(Cc1ccccc1)C(=O)OC(C)(C)C. The van der Waals surface area contributed by atoms with Crippen LogP contribution in [0.1, 0.15) is 46.6 Å². The first-order valence-electron chi connectivity index (χ1n) is 7.85. The Labute approximate surface area is 138 Å². The number of aliphatic carboxylic acids is 1. The van der Waals surface area contributed by atoms with Gasteiger partial charge in [0.15, 0.2) is 0 Å². The Hall–Kier alpha value is -2.04. The summed E-state index contributed by atoms with van der Waals surface area (Å²) >= 11 is 0. The van der Waals surface area contributed by atoms with Gasteiger partial charge in [-0.1, -0.05) is 44.2 Å². The molecule has 5 heteroatoms. The van der Waals surface area contributed by atoms with Gasteiger partial charge >= 0.3 is 12.1 Å². The summed E-state index contributed by atoms with van der Waals surface area (Å²) < 4.78 is 5.48. The quantitative estimate of drug-likeness (QED) is 0.862. The number of carbonyl (C=O) groups is 2. The highest BCUT2D eigenvalue weighted by Crippen LogP contribution is 2.21. The molecule has 1 N–H and O–H groups in total. The Balaban J connectivity index is 3.07. The van der Waals surface area contributed by atoms with Gasteiger partial charge in [0.2, 0.25) is 0 Å². The van der Waals surface area contributed by atoms with E-state index in [9.17, 15) is 14.7 Å². The lowest BCUT2D eigenvalue weighted by Gasteiger charge is -2.35. The molecule has 1 rings (SSSR count). The van der Waals surface area contributed by atoms with Crippen molar-refractivity contribution in [3.63, 3.8) is 0 Å². The molecule has 0 aliphatic carbocycles. The Morgan fingerprint density at radius 2 is 1.74 bits per heavy atom. The first-order valence-corrected chi connectivity index (χ1v) is 7.85. The second kappa shape index (κ2) is 7.99. The lowest BCUT2D eigenvalue weighted by molar-refractivity contribution is -0.138. The minimum Gasteiger partial charge on any atom is -0.481 e. The second-order valence-electron chi connectivity index (χ2n) is 7.00. The van der Waals surface area contributed by atoms with Crippen LogP contribution in [-0.4, -0.2) is 33.7 Å². The minimum atomic E-state index is -0.926. The van der Waals surface area contributed by atoms with E-state index in [0.29, 0.717) is 6.54 Å². The molecule has 0 fully saturated rings. The molecule has 1 atom stereocenters. The monoisotopic (exact) mass is 321 g/mol. The van der Waals surface area contributed by atoms with Crippen LogP contribution in [0.25, 0.3) is 0 Å². The van der Waals surface area contributed by atoms with Crippen LogP contribution >= 0.6 is 0 Å². The molecule has 1 aromatic carbocycles. The predicted octanol–water partition coefficient (Wildman–Crippen LogP) is 3.92. The molecular formula is C18H27NO4. The van der Waals surface area contributed by atoms with Gasteiger partial charge in [-0.2, -0.15) is 0 Å². The maximum atomic E-state index is 12.6. The Bertz CT molecular complexity index is 520. The molecule has 0 radical (unpaired) electrons. The minimum absolute atomic E-state index is 0.00216. The Morgan fingerprint density at radius 1 is 1.17 bits per heavy atom. The van der Waals surface area contributed by atoms with Gasteiger partial charge in [-0.3, -0.25) is 4.79 Å². The van der Waals surface area contributed by atoms with Crippen molar-refractivity contribution >= 4 is 12.1 Å². The summed E-state index contributed by atoms with van der Waals surface area (Å²) in [6.07, 6.45) is -0.592. The molecule has 1 aromatic rings. The highest BCUT2D eigenvalue weighted by molar-refractivity contribution is 5.72. The Morgan fingerprint density at radius 3 is 2.17 bits per heavy atom. The average Bonchev–Trinajstić information content (AvgIpc) is 2.41. The molecule has 1 unspecified atom stereocenters. The number of rotatable bonds is 6. The van der Waals surface area contributed by atoms with E-state index in [4.69, 9.17) is 4.74 Å². The lowest BCUT2D eigenvalue weighted by atomic mass is 9.98. The molecule has 128 valence electrons. The third-order valence-electron chi connectivity index (χ3n) is 3.38. The van der Waals surface area contributed by atoms with E-state index < -0.39 is 23.7 Å². The van der Waals surface area contributed by atoms with E-state index in [1.54, 1.807) is 20.8 Å². The summed E-state index contributed by atoms with van der Waals surface area (Å²) in [5.41, 5.74) is 0.311. The van der Waals surface area contributed by atoms with E-state index in [1.165, 1.54) is 4.90 Å². The van der Waals surface area contributed by atoms with Crippen molar-refractivity contribution < 1.29 is 19.4 Å². The van der Waals surface area contributed by atoms with Crippen molar-refractivity contribution in [3.8, 4) is 0 Å². The molecular weight excluding hydrogens is 294 g/mol. The smallest absolute Gasteiger partial charge is 0.410 e. The molecule has 1 amide bonds. The molecule has 0 aromatic heterocycles. The van der Waals surface area contributed by atoms with Crippen molar-refractivity contribution in [2.75, 3.05) is 0 Å². The van der Waals surface area contributed by atoms with E-state index in [0.717, 1.165) is 5.56 Å². The van der Waals surface area contributed by atoms with Crippen LogP contribution in [0, 0.1) is 5.92 Å². The summed E-state index contributed by atoms with van der Waals surface area (Å²) in [5, 5.41) is 9.18. The summed E-state index contributed by atoms with van der Waals surface area (Å²) in [7, 11) is 0. The third-order valence-corrected chi connectivity index (χ3v) is 3.38. The molecule has 5 nitrogen and oxygen atoms in total. The fourth-order valence-corrected chi connectivity index (χ4v) is 2.30. The fourth-order valence-electron chi connectivity index (χ4n) is 2.30. The van der Waals surface area contributed by atoms with Gasteiger partial charge in [0.05, 0.1) is 6.42 Å². The van der Waals surface area contributed by atoms with E-state index >= 15 is 0 Å². The second-order valence-corrected chi connectivity index (χ2v) is 7.00. The number of benzene rings is 1. The van der Waals surface area contributed by atoms with Crippen LogP contribution < -0.4 is 0 Å². The Kier molecular flexibility index (Phi) is 6.61. The number of ether oxygens (including phenoxy) is 1. The molecule has 0 saturated heterocycles. The fraction of sp³-hybridized carbons (Fsp3) is 0.556. The van der Waals surface area contributed by atoms with Gasteiger partial charge in [-0.15, -0.1) is 0 Å². The molecule has 0 aliphatic heterocycles. The van der Waals surface area contributed by atoms with E-state index in [-0.39, 0.29) is 12.3 Å². The van der Waals surface area contributed by atoms with Crippen LogP contribution in [0.3, 0.4) is 0 Å². The van der Waals surface area contributed by atoms with Gasteiger partial charge < -0.3 is 14.7 Å². The number of nitrogens with zero attached hydrogens (tertiary/aromatic N) is 1. The zero-order chi connectivity index (χ0) is 17.6. The van der Waals surface area contributed by atoms with Gasteiger partial charge in [0.25, 0.3) is 0 Å². The van der Waals surface area contributed by atoms with Crippen LogP contribution in [-0.2, 0) is 16.1 Å². The first-order chi connectivity index (χ1) is 10.6. The van der Waals surface area contributed by atoms with Gasteiger partial charge in [-0.25, -0.2) is 4.79 Å². The molecule has 0 bridgehead atoms. The van der Waals surface area contributed by atoms with Crippen molar-refractivity contribution in [2.24, 2.45) is 5.92 Å². The number of carbonyl (C=O) groups excluding carboxylic acids is 1. The maximum Gasteiger partial charge on any atom is 0.410 e. The van der Waals surface area contributed by atoms with Crippen LogP contribution in [0.15, 0.2) is 30.3 Å². The van der Waals surface area contributed by atoms with E-state index in [1.807, 2.05) is 44.2 Å². The molecule has 23 heavy (non-hydrogen) atoms. The highest BCUT2D eigenvalue weighted by atomic mass is 16.6. The topological polar surface area (TPSA) is 66.8 Å². The predicted molar refractivity (Wildman–Crippen MR) is 89.1 cm³/mol. The van der Waals surface area contributed by atoms with Gasteiger partial charge in [-0.05, 0) is 32.3 Å². The van der Waals surface area contributed by atoms with Crippen molar-refractivity contribution in [1.29, 1.82) is 0 Å². The van der Waals surface area contributed by atoms with Crippen molar-refractivity contribution in [1.82, 2.24) is 4.90 Å². The highest BCUT2D eigenvalue weighted by Gasteiger charge is 2.31. The number of amides is 1. The molecule has 0 heterocycles. The summed E-state index contributed by atoms with van der Waals surface area (Å²) in [6, 6.07) is 9.08. The lowest BCUT2D eigenvalue weighted by Crippen LogP contribution is -2.46. The van der Waals surface area contributed by atoms with E-state index in [2.05, 4.69) is 0 Å². The zero-order valence-electron chi connectivity index (χ0n) is 14.6. The third kappa shape index (κ3) is 6.72. The average molecular weight is 321 g/mol. The number of carboxylic acids is 1. The number of carboxylic acid groups (broad SMARTS) is 1. The van der Waals surface area contributed by atoms with Crippen LogP contribution in [0.5, 0.6) is 0 Å².